The summed E-state index contributed by atoms with van der Waals surface area (Å²) in [5.74, 6) is 0.757. The molecule has 1 saturated heterocycles. The van der Waals surface area contributed by atoms with Crippen LogP contribution >= 0.6 is 12.4 Å². The summed E-state index contributed by atoms with van der Waals surface area (Å²) >= 11 is 0. The maximum atomic E-state index is 12.7. The molecule has 6 heteroatoms. The summed E-state index contributed by atoms with van der Waals surface area (Å²) in [4.78, 5) is 15.3. The van der Waals surface area contributed by atoms with Gasteiger partial charge >= 0.3 is 0 Å². The smallest absolute Gasteiger partial charge is 0.260 e. The molecule has 0 radical (unpaired) electrons. The minimum Gasteiger partial charge on any atom is -0.481 e. The summed E-state index contributed by atoms with van der Waals surface area (Å²) < 4.78 is 11.5. The third kappa shape index (κ3) is 5.40. The highest BCUT2D eigenvalue weighted by Gasteiger charge is 2.39. The van der Waals surface area contributed by atoms with Gasteiger partial charge in [-0.1, -0.05) is 31.4 Å². The van der Waals surface area contributed by atoms with E-state index in [1.165, 1.54) is 24.8 Å². The Kier molecular flexibility index (Phi) is 8.59. The van der Waals surface area contributed by atoms with Gasteiger partial charge in [0.25, 0.3) is 5.91 Å². The van der Waals surface area contributed by atoms with Crippen LogP contribution in [0.5, 0.6) is 5.75 Å². The monoisotopic (exact) mass is 410 g/mol. The number of nitrogens with one attached hydrogen (secondary N) is 1. The SMILES string of the molecule is Cc1cccc(OC(C)C(=O)NCC2(N3CCOCC3)CCCCC2)c1C.Cl. The third-order valence-corrected chi connectivity index (χ3v) is 6.29. The van der Waals surface area contributed by atoms with Crippen molar-refractivity contribution in [2.45, 2.75) is 64.5 Å². The Balaban J connectivity index is 0.00000280. The summed E-state index contributed by atoms with van der Waals surface area (Å²) in [6, 6.07) is 5.96. The van der Waals surface area contributed by atoms with E-state index < -0.39 is 6.10 Å². The summed E-state index contributed by atoms with van der Waals surface area (Å²) in [7, 11) is 0. The second-order valence-electron chi connectivity index (χ2n) is 8.06. The van der Waals surface area contributed by atoms with Crippen LogP contribution in [0.2, 0.25) is 0 Å². The van der Waals surface area contributed by atoms with Gasteiger partial charge in [0, 0.05) is 25.2 Å². The van der Waals surface area contributed by atoms with Crippen molar-refractivity contribution >= 4 is 18.3 Å². The average Bonchev–Trinajstić information content (AvgIpc) is 2.71. The normalized spacial score (nSPS) is 20.7. The van der Waals surface area contributed by atoms with E-state index in [1.54, 1.807) is 0 Å². The number of aryl methyl sites for hydroxylation is 1. The topological polar surface area (TPSA) is 50.8 Å². The molecule has 0 spiro atoms. The van der Waals surface area contributed by atoms with Crippen molar-refractivity contribution in [2.75, 3.05) is 32.8 Å². The second-order valence-corrected chi connectivity index (χ2v) is 8.06. The molecule has 1 N–H and O–H groups in total. The molecule has 3 rings (SSSR count). The third-order valence-electron chi connectivity index (χ3n) is 6.29. The van der Waals surface area contributed by atoms with Crippen LogP contribution in [0.3, 0.4) is 0 Å². The van der Waals surface area contributed by atoms with E-state index >= 15 is 0 Å². The van der Waals surface area contributed by atoms with Crippen molar-refractivity contribution in [3.8, 4) is 5.75 Å². The van der Waals surface area contributed by atoms with Crippen LogP contribution in [0, 0.1) is 13.8 Å². The fraction of sp³-hybridized carbons (Fsp3) is 0.682. The lowest BCUT2D eigenvalue weighted by atomic mass is 9.79. The Morgan fingerprint density at radius 3 is 2.57 bits per heavy atom. The zero-order valence-corrected chi connectivity index (χ0v) is 18.3. The van der Waals surface area contributed by atoms with Gasteiger partial charge in [-0.3, -0.25) is 9.69 Å². The van der Waals surface area contributed by atoms with Gasteiger partial charge in [-0.2, -0.15) is 0 Å². The van der Waals surface area contributed by atoms with Crippen molar-refractivity contribution in [1.29, 1.82) is 0 Å². The molecule has 1 aliphatic heterocycles. The number of hydrogen-bond acceptors (Lipinski definition) is 4. The zero-order chi connectivity index (χ0) is 19.3. The van der Waals surface area contributed by atoms with E-state index in [4.69, 9.17) is 9.47 Å². The number of halogens is 1. The molecule has 1 atom stereocenters. The molecule has 1 aliphatic carbocycles. The van der Waals surface area contributed by atoms with Crippen molar-refractivity contribution in [3.05, 3.63) is 29.3 Å². The molecule has 1 heterocycles. The zero-order valence-electron chi connectivity index (χ0n) is 17.5. The molecule has 0 aromatic heterocycles. The first kappa shape index (κ1) is 23.0. The highest BCUT2D eigenvalue weighted by atomic mass is 35.5. The molecule has 0 bridgehead atoms. The highest BCUT2D eigenvalue weighted by Crippen LogP contribution is 2.34. The van der Waals surface area contributed by atoms with E-state index in [9.17, 15) is 4.79 Å². The minimum absolute atomic E-state index is 0. The average molecular weight is 411 g/mol. The Morgan fingerprint density at radius 1 is 1.21 bits per heavy atom. The Morgan fingerprint density at radius 2 is 1.89 bits per heavy atom. The first-order chi connectivity index (χ1) is 13.0. The molecule has 158 valence electrons. The standard InChI is InChI=1S/C22H34N2O3.ClH/c1-17-8-7-9-20(18(17)2)27-19(3)21(25)23-16-22(10-5-4-6-11-22)24-12-14-26-15-13-24;/h7-9,19H,4-6,10-16H2,1-3H3,(H,23,25);1H. The maximum absolute atomic E-state index is 12.7. The first-order valence-corrected chi connectivity index (χ1v) is 10.4. The quantitative estimate of drug-likeness (QED) is 0.777. The van der Waals surface area contributed by atoms with E-state index in [1.807, 2.05) is 26.0 Å². The van der Waals surface area contributed by atoms with Crippen LogP contribution in [-0.2, 0) is 9.53 Å². The molecular formula is C22H35ClN2O3. The number of ether oxygens (including phenoxy) is 2. The van der Waals surface area contributed by atoms with Crippen LogP contribution in [0.25, 0.3) is 0 Å². The van der Waals surface area contributed by atoms with Crippen LogP contribution < -0.4 is 10.1 Å². The number of morpholine rings is 1. The fourth-order valence-corrected chi connectivity index (χ4v) is 4.34. The Labute approximate surface area is 175 Å². The van der Waals surface area contributed by atoms with Crippen molar-refractivity contribution in [3.63, 3.8) is 0 Å². The highest BCUT2D eigenvalue weighted by molar-refractivity contribution is 5.85. The van der Waals surface area contributed by atoms with Gasteiger partial charge in [0.1, 0.15) is 5.75 Å². The minimum atomic E-state index is -0.504. The van der Waals surface area contributed by atoms with Gasteiger partial charge in [-0.25, -0.2) is 0 Å². The summed E-state index contributed by atoms with van der Waals surface area (Å²) in [5.41, 5.74) is 2.35. The summed E-state index contributed by atoms with van der Waals surface area (Å²) in [5, 5.41) is 3.20. The fourth-order valence-electron chi connectivity index (χ4n) is 4.34. The number of carbonyl (C=O) groups excluding carboxylic acids is 1. The van der Waals surface area contributed by atoms with Crippen molar-refractivity contribution in [1.82, 2.24) is 10.2 Å². The molecule has 1 aromatic rings. The first-order valence-electron chi connectivity index (χ1n) is 10.4. The van der Waals surface area contributed by atoms with Gasteiger partial charge in [-0.05, 0) is 50.8 Å². The second kappa shape index (κ2) is 10.5. The molecule has 5 nitrogen and oxygen atoms in total. The van der Waals surface area contributed by atoms with E-state index in [-0.39, 0.29) is 23.9 Å². The number of benzene rings is 1. The Bertz CT molecular complexity index is 641. The van der Waals surface area contributed by atoms with Gasteiger partial charge in [-0.15, -0.1) is 12.4 Å². The molecular weight excluding hydrogens is 376 g/mol. The number of carbonyl (C=O) groups is 1. The lowest BCUT2D eigenvalue weighted by Gasteiger charge is -2.48. The van der Waals surface area contributed by atoms with Crippen LogP contribution in [-0.4, -0.2) is 55.3 Å². The Hall–Kier alpha value is -1.30. The molecule has 1 unspecified atom stereocenters. The molecule has 28 heavy (non-hydrogen) atoms. The maximum Gasteiger partial charge on any atom is 0.260 e. The molecule has 1 saturated carbocycles. The van der Waals surface area contributed by atoms with Gasteiger partial charge in [0.05, 0.1) is 13.2 Å². The van der Waals surface area contributed by atoms with Crippen LogP contribution in [0.1, 0.15) is 50.2 Å². The van der Waals surface area contributed by atoms with Gasteiger partial charge < -0.3 is 14.8 Å². The lowest BCUT2D eigenvalue weighted by molar-refractivity contribution is -0.128. The number of rotatable bonds is 6. The van der Waals surface area contributed by atoms with Crippen LogP contribution in [0.15, 0.2) is 18.2 Å². The van der Waals surface area contributed by atoms with Gasteiger partial charge in [0.15, 0.2) is 6.10 Å². The van der Waals surface area contributed by atoms with E-state index in [2.05, 4.69) is 23.2 Å². The number of hydrogen-bond donors (Lipinski definition) is 1. The predicted octanol–water partition coefficient (Wildman–Crippen LogP) is 3.64. The molecule has 1 amide bonds. The number of amides is 1. The predicted molar refractivity (Wildman–Crippen MR) is 114 cm³/mol. The van der Waals surface area contributed by atoms with Crippen molar-refractivity contribution < 1.29 is 14.3 Å². The van der Waals surface area contributed by atoms with Crippen molar-refractivity contribution in [2.24, 2.45) is 0 Å². The van der Waals surface area contributed by atoms with Crippen LogP contribution in [0.4, 0.5) is 0 Å². The molecule has 2 aliphatic rings. The molecule has 1 aromatic carbocycles. The lowest BCUT2D eigenvalue weighted by Crippen LogP contribution is -2.60. The number of nitrogens with zero attached hydrogens (tertiary/aromatic N) is 1. The summed E-state index contributed by atoms with van der Waals surface area (Å²) in [6.45, 7) is 10.1. The molecule has 2 fully saturated rings. The van der Waals surface area contributed by atoms with Gasteiger partial charge in [0.2, 0.25) is 0 Å². The summed E-state index contributed by atoms with van der Waals surface area (Å²) in [6.07, 6.45) is 5.57. The van der Waals surface area contributed by atoms with E-state index in [0.29, 0.717) is 6.54 Å². The van der Waals surface area contributed by atoms with E-state index in [0.717, 1.165) is 50.5 Å². The largest absolute Gasteiger partial charge is 0.481 e.